The van der Waals surface area contributed by atoms with Gasteiger partial charge in [0.1, 0.15) is 5.82 Å². The van der Waals surface area contributed by atoms with Crippen molar-refractivity contribution in [2.75, 3.05) is 6.54 Å². The molecule has 1 N–H and O–H groups in total. The van der Waals surface area contributed by atoms with E-state index in [-0.39, 0.29) is 5.56 Å². The predicted octanol–water partition coefficient (Wildman–Crippen LogP) is 4.11. The Hall–Kier alpha value is -3.35. The van der Waals surface area contributed by atoms with E-state index in [9.17, 15) is 4.79 Å². The first-order chi connectivity index (χ1) is 15.2. The Morgan fingerprint density at radius 2 is 1.97 bits per heavy atom. The van der Waals surface area contributed by atoms with Gasteiger partial charge in [-0.15, -0.1) is 0 Å². The Morgan fingerprint density at radius 3 is 2.74 bits per heavy atom. The lowest BCUT2D eigenvalue weighted by Crippen LogP contribution is -2.35. The number of rotatable bonds is 4. The molecule has 4 aromatic rings. The van der Waals surface area contributed by atoms with E-state index in [4.69, 9.17) is 16.6 Å². The Balaban J connectivity index is 1.32. The number of pyridine rings is 2. The maximum atomic E-state index is 12.7. The Kier molecular flexibility index (Phi) is 5.32. The molecular formula is C24H20ClN5O. The number of halogens is 1. The van der Waals surface area contributed by atoms with Gasteiger partial charge in [0.05, 0.1) is 17.0 Å². The van der Waals surface area contributed by atoms with Crippen LogP contribution in [0.1, 0.15) is 16.8 Å². The van der Waals surface area contributed by atoms with Crippen molar-refractivity contribution in [1.82, 2.24) is 24.8 Å². The molecule has 1 aliphatic heterocycles. The van der Waals surface area contributed by atoms with E-state index < -0.39 is 0 Å². The molecule has 7 heteroatoms. The zero-order valence-electron chi connectivity index (χ0n) is 16.8. The lowest BCUT2D eigenvalue weighted by molar-refractivity contribution is 0.241. The van der Waals surface area contributed by atoms with Gasteiger partial charge in [-0.25, -0.2) is 4.98 Å². The van der Waals surface area contributed by atoms with Crippen LogP contribution in [0.4, 0.5) is 0 Å². The van der Waals surface area contributed by atoms with Gasteiger partial charge in [0.25, 0.3) is 5.56 Å². The van der Waals surface area contributed by atoms with Crippen LogP contribution < -0.4 is 5.56 Å². The second-order valence-corrected chi connectivity index (χ2v) is 7.98. The van der Waals surface area contributed by atoms with Crippen LogP contribution in [-0.2, 0) is 19.5 Å². The molecule has 4 heterocycles. The highest BCUT2D eigenvalue weighted by molar-refractivity contribution is 6.33. The SMILES string of the molecule is O=c1[nH]c(-c2cccnc2)nc2c1CN(Cc1ccc(-c3ccccc3Cl)nc1)CC2. The van der Waals surface area contributed by atoms with Crippen LogP contribution in [-0.4, -0.2) is 31.4 Å². The summed E-state index contributed by atoms with van der Waals surface area (Å²) in [6.45, 7) is 2.12. The monoisotopic (exact) mass is 429 g/mol. The predicted molar refractivity (Wildman–Crippen MR) is 121 cm³/mol. The van der Waals surface area contributed by atoms with Gasteiger partial charge in [-0.05, 0) is 29.8 Å². The molecule has 0 aliphatic carbocycles. The summed E-state index contributed by atoms with van der Waals surface area (Å²) in [6, 6.07) is 15.5. The molecule has 154 valence electrons. The highest BCUT2D eigenvalue weighted by Gasteiger charge is 2.21. The molecule has 0 bridgehead atoms. The maximum absolute atomic E-state index is 12.7. The van der Waals surface area contributed by atoms with E-state index in [1.165, 1.54) is 0 Å². The van der Waals surface area contributed by atoms with Crippen molar-refractivity contribution >= 4 is 11.6 Å². The number of H-pyrrole nitrogens is 1. The van der Waals surface area contributed by atoms with Crippen molar-refractivity contribution in [3.63, 3.8) is 0 Å². The second kappa shape index (κ2) is 8.41. The topological polar surface area (TPSA) is 74.8 Å². The van der Waals surface area contributed by atoms with Crippen molar-refractivity contribution in [3.8, 4) is 22.6 Å². The molecule has 6 nitrogen and oxygen atoms in total. The van der Waals surface area contributed by atoms with Gasteiger partial charge in [-0.1, -0.05) is 35.9 Å². The molecule has 0 amide bonds. The molecule has 0 spiro atoms. The minimum absolute atomic E-state index is 0.0826. The van der Waals surface area contributed by atoms with Crippen molar-refractivity contribution in [2.24, 2.45) is 0 Å². The summed E-state index contributed by atoms with van der Waals surface area (Å²) in [6.07, 6.45) is 6.02. The van der Waals surface area contributed by atoms with Gasteiger partial charge in [-0.2, -0.15) is 0 Å². The first kappa shape index (κ1) is 19.6. The molecule has 0 saturated heterocycles. The fraction of sp³-hybridized carbons (Fsp3) is 0.167. The average Bonchev–Trinajstić information content (AvgIpc) is 2.81. The molecule has 0 saturated carbocycles. The summed E-state index contributed by atoms with van der Waals surface area (Å²) in [4.78, 5) is 31.3. The molecule has 0 radical (unpaired) electrons. The van der Waals surface area contributed by atoms with Crippen molar-refractivity contribution in [1.29, 1.82) is 0 Å². The number of hydrogen-bond acceptors (Lipinski definition) is 5. The number of fused-ring (bicyclic) bond motifs is 1. The first-order valence-corrected chi connectivity index (χ1v) is 10.5. The van der Waals surface area contributed by atoms with Gasteiger partial charge >= 0.3 is 0 Å². The second-order valence-electron chi connectivity index (χ2n) is 7.57. The highest BCUT2D eigenvalue weighted by Crippen LogP contribution is 2.26. The van der Waals surface area contributed by atoms with E-state index >= 15 is 0 Å². The minimum atomic E-state index is -0.0826. The number of nitrogens with one attached hydrogen (secondary N) is 1. The molecule has 3 aromatic heterocycles. The van der Waals surface area contributed by atoms with Gasteiger partial charge in [-0.3, -0.25) is 19.7 Å². The third-order valence-electron chi connectivity index (χ3n) is 5.46. The number of aromatic nitrogens is 4. The van der Waals surface area contributed by atoms with Gasteiger partial charge in [0.2, 0.25) is 0 Å². The summed E-state index contributed by atoms with van der Waals surface area (Å²) < 4.78 is 0. The van der Waals surface area contributed by atoms with Crippen LogP contribution in [0, 0.1) is 0 Å². The van der Waals surface area contributed by atoms with E-state index in [1.807, 2.05) is 48.7 Å². The van der Waals surface area contributed by atoms with Crippen LogP contribution in [0.25, 0.3) is 22.6 Å². The van der Waals surface area contributed by atoms with Gasteiger partial charge < -0.3 is 4.98 Å². The normalized spacial score (nSPS) is 13.7. The number of hydrogen-bond donors (Lipinski definition) is 1. The Morgan fingerprint density at radius 1 is 1.06 bits per heavy atom. The van der Waals surface area contributed by atoms with Crippen molar-refractivity contribution in [2.45, 2.75) is 19.5 Å². The summed E-state index contributed by atoms with van der Waals surface area (Å²) in [5.41, 5.74) is 5.20. The quantitative estimate of drug-likeness (QED) is 0.528. The highest BCUT2D eigenvalue weighted by atomic mass is 35.5. The van der Waals surface area contributed by atoms with E-state index in [0.29, 0.717) is 17.4 Å². The average molecular weight is 430 g/mol. The smallest absolute Gasteiger partial charge is 0.255 e. The lowest BCUT2D eigenvalue weighted by Gasteiger charge is -2.27. The molecule has 0 atom stereocenters. The third-order valence-corrected chi connectivity index (χ3v) is 5.79. The summed E-state index contributed by atoms with van der Waals surface area (Å²) in [5.74, 6) is 0.574. The molecule has 1 aromatic carbocycles. The van der Waals surface area contributed by atoms with Crippen LogP contribution in [0.3, 0.4) is 0 Å². The summed E-state index contributed by atoms with van der Waals surface area (Å²) >= 11 is 6.28. The lowest BCUT2D eigenvalue weighted by atomic mass is 10.1. The standard InChI is InChI=1S/C24H20ClN5O/c25-20-6-2-1-5-18(20)21-8-7-16(12-27-21)14-30-11-9-22-19(15-30)24(31)29-23(28-22)17-4-3-10-26-13-17/h1-8,10,12-13H,9,11,14-15H2,(H,28,29,31). The van der Waals surface area contributed by atoms with Crippen LogP contribution >= 0.6 is 11.6 Å². The van der Waals surface area contributed by atoms with E-state index in [2.05, 4.69) is 25.9 Å². The van der Waals surface area contributed by atoms with Crippen molar-refractivity contribution < 1.29 is 0 Å². The zero-order valence-corrected chi connectivity index (χ0v) is 17.5. The Bertz CT molecular complexity index is 1270. The summed E-state index contributed by atoms with van der Waals surface area (Å²) in [5, 5.41) is 0.688. The summed E-state index contributed by atoms with van der Waals surface area (Å²) in [7, 11) is 0. The van der Waals surface area contributed by atoms with Gasteiger partial charge in [0.15, 0.2) is 0 Å². The number of benzene rings is 1. The van der Waals surface area contributed by atoms with Crippen LogP contribution in [0.15, 0.2) is 71.9 Å². The minimum Gasteiger partial charge on any atom is -0.306 e. The van der Waals surface area contributed by atoms with Gasteiger partial charge in [0, 0.05) is 60.8 Å². The largest absolute Gasteiger partial charge is 0.306 e. The fourth-order valence-electron chi connectivity index (χ4n) is 3.86. The van der Waals surface area contributed by atoms with E-state index in [1.54, 1.807) is 12.4 Å². The van der Waals surface area contributed by atoms with Crippen molar-refractivity contribution in [3.05, 3.63) is 99.3 Å². The molecule has 31 heavy (non-hydrogen) atoms. The number of aromatic amines is 1. The molecule has 0 unspecified atom stereocenters. The van der Waals surface area contributed by atoms with Crippen LogP contribution in [0.2, 0.25) is 5.02 Å². The number of nitrogens with zero attached hydrogens (tertiary/aromatic N) is 4. The van der Waals surface area contributed by atoms with E-state index in [0.717, 1.165) is 53.2 Å². The third kappa shape index (κ3) is 4.13. The molecule has 0 fully saturated rings. The molecule has 5 rings (SSSR count). The molecular weight excluding hydrogens is 410 g/mol. The zero-order chi connectivity index (χ0) is 21.2. The first-order valence-electron chi connectivity index (χ1n) is 10.1. The maximum Gasteiger partial charge on any atom is 0.255 e. The Labute approximate surface area is 184 Å². The molecule has 1 aliphatic rings. The fourth-order valence-corrected chi connectivity index (χ4v) is 4.09. The van der Waals surface area contributed by atoms with Crippen LogP contribution in [0.5, 0.6) is 0 Å².